The fourth-order valence-electron chi connectivity index (χ4n) is 1.44. The molecule has 2 rings (SSSR count). The summed E-state index contributed by atoms with van der Waals surface area (Å²) in [7, 11) is 0. The van der Waals surface area contributed by atoms with Gasteiger partial charge in [0.05, 0.1) is 11.8 Å². The first kappa shape index (κ1) is 16.8. The summed E-state index contributed by atoms with van der Waals surface area (Å²) in [5, 5.41) is 10.2. The Hall–Kier alpha value is -2.29. The maximum atomic E-state index is 12.5. The van der Waals surface area contributed by atoms with Crippen molar-refractivity contribution in [2.45, 2.75) is 13.1 Å². The van der Waals surface area contributed by atoms with E-state index in [9.17, 15) is 13.2 Å². The number of nitrogens with zero attached hydrogens (tertiary/aromatic N) is 3. The lowest BCUT2D eigenvalue weighted by Gasteiger charge is -2.06. The maximum Gasteiger partial charge on any atom is 0.421 e. The zero-order valence-corrected chi connectivity index (χ0v) is 11.6. The van der Waals surface area contributed by atoms with Crippen molar-refractivity contribution < 1.29 is 30.3 Å². The molecule has 21 heavy (non-hydrogen) atoms. The number of aryl methyl sites for hydroxylation is 1. The molecular formula is C11H12ClF3N6. The molecule has 0 amide bonds. The summed E-state index contributed by atoms with van der Waals surface area (Å²) < 4.78 is 38.8. The van der Waals surface area contributed by atoms with Crippen LogP contribution in [0.5, 0.6) is 0 Å². The molecule has 0 spiro atoms. The Kier molecular flexibility index (Phi) is 5.14. The fourth-order valence-corrected chi connectivity index (χ4v) is 1.44. The zero-order chi connectivity index (χ0) is 14.8. The van der Waals surface area contributed by atoms with Crippen LogP contribution >= 0.6 is 0 Å². The SMILES string of the molecule is Cc1[nH]nc(N/N=C/c2cccc(C(F)(F)F)c2)[n+]1N.[Cl-]. The van der Waals surface area contributed by atoms with Crippen molar-refractivity contribution in [3.8, 4) is 0 Å². The molecule has 2 aromatic rings. The molecule has 10 heteroatoms. The summed E-state index contributed by atoms with van der Waals surface area (Å²) in [5.41, 5.74) is 2.10. The van der Waals surface area contributed by atoms with Crippen LogP contribution in [0.25, 0.3) is 0 Å². The van der Waals surface area contributed by atoms with Gasteiger partial charge < -0.3 is 12.4 Å². The summed E-state index contributed by atoms with van der Waals surface area (Å²) in [6.45, 7) is 1.70. The highest BCUT2D eigenvalue weighted by atomic mass is 35.5. The summed E-state index contributed by atoms with van der Waals surface area (Å²) in [6, 6.07) is 4.81. The molecule has 114 valence electrons. The third-order valence-corrected chi connectivity index (χ3v) is 2.51. The third kappa shape index (κ3) is 4.09. The van der Waals surface area contributed by atoms with Crippen LogP contribution in [0.4, 0.5) is 19.1 Å². The van der Waals surface area contributed by atoms with Gasteiger partial charge in [-0.3, -0.25) is 5.84 Å². The average Bonchev–Trinajstić information content (AvgIpc) is 2.70. The summed E-state index contributed by atoms with van der Waals surface area (Å²) >= 11 is 0. The first-order valence-corrected chi connectivity index (χ1v) is 5.56. The van der Waals surface area contributed by atoms with Gasteiger partial charge in [-0.25, -0.2) is 0 Å². The van der Waals surface area contributed by atoms with Crippen LogP contribution in [0.1, 0.15) is 17.0 Å². The first-order chi connectivity index (χ1) is 9.38. The Morgan fingerprint density at radius 1 is 1.43 bits per heavy atom. The number of hydrogen-bond donors (Lipinski definition) is 3. The molecule has 0 saturated carbocycles. The van der Waals surface area contributed by atoms with Gasteiger partial charge in [-0.2, -0.15) is 23.7 Å². The molecule has 1 aromatic heterocycles. The number of nitrogen functional groups attached to an aromatic ring is 1. The van der Waals surface area contributed by atoms with Gasteiger partial charge in [0.2, 0.25) is 5.82 Å². The minimum absolute atomic E-state index is 0. The summed E-state index contributed by atoms with van der Waals surface area (Å²) in [5.74, 6) is 6.44. The number of alkyl halides is 3. The van der Waals surface area contributed by atoms with Gasteiger partial charge in [0.15, 0.2) is 0 Å². The molecule has 0 radical (unpaired) electrons. The highest BCUT2D eigenvalue weighted by molar-refractivity contribution is 5.80. The molecule has 6 nitrogen and oxygen atoms in total. The quantitative estimate of drug-likeness (QED) is 0.270. The minimum Gasteiger partial charge on any atom is -1.00 e. The lowest BCUT2D eigenvalue weighted by molar-refractivity contribution is -0.631. The molecule has 0 aliphatic rings. The number of anilines is 1. The number of aromatic nitrogens is 3. The van der Waals surface area contributed by atoms with Crippen LogP contribution in [-0.4, -0.2) is 16.4 Å². The van der Waals surface area contributed by atoms with E-state index < -0.39 is 11.7 Å². The minimum atomic E-state index is -4.38. The summed E-state index contributed by atoms with van der Waals surface area (Å²) in [4.78, 5) is 0. The Morgan fingerprint density at radius 3 is 2.71 bits per heavy atom. The topological polar surface area (TPSA) is 83.0 Å². The van der Waals surface area contributed by atoms with E-state index in [1.54, 1.807) is 6.92 Å². The second-order valence-corrected chi connectivity index (χ2v) is 4.00. The number of rotatable bonds is 3. The Morgan fingerprint density at radius 2 is 2.14 bits per heavy atom. The molecule has 0 saturated heterocycles. The third-order valence-electron chi connectivity index (χ3n) is 2.51. The maximum absolute atomic E-state index is 12.5. The van der Waals surface area contributed by atoms with Crippen molar-refractivity contribution in [3.63, 3.8) is 0 Å². The van der Waals surface area contributed by atoms with Crippen LogP contribution in [0.2, 0.25) is 0 Å². The first-order valence-electron chi connectivity index (χ1n) is 5.56. The highest BCUT2D eigenvalue weighted by Crippen LogP contribution is 2.29. The van der Waals surface area contributed by atoms with Gasteiger partial charge in [0.25, 0.3) is 0 Å². The van der Waals surface area contributed by atoms with Gasteiger partial charge in [0.1, 0.15) is 0 Å². The van der Waals surface area contributed by atoms with Crippen LogP contribution in [0.15, 0.2) is 29.4 Å². The van der Waals surface area contributed by atoms with Crippen molar-refractivity contribution in [3.05, 3.63) is 41.2 Å². The molecule has 0 unspecified atom stereocenters. The molecular weight excluding hydrogens is 309 g/mol. The number of aromatic amines is 1. The van der Waals surface area contributed by atoms with Gasteiger partial charge in [-0.15, -0.1) is 9.78 Å². The molecule has 1 aromatic carbocycles. The van der Waals surface area contributed by atoms with Crippen molar-refractivity contribution >= 4 is 12.2 Å². The van der Waals surface area contributed by atoms with Crippen molar-refractivity contribution in [2.75, 3.05) is 11.3 Å². The number of benzene rings is 1. The van der Waals surface area contributed by atoms with Gasteiger partial charge in [0, 0.05) is 12.0 Å². The lowest BCUT2D eigenvalue weighted by atomic mass is 10.1. The second-order valence-electron chi connectivity index (χ2n) is 4.00. The van der Waals surface area contributed by atoms with E-state index in [2.05, 4.69) is 20.7 Å². The number of hydrogen-bond acceptors (Lipinski definition) is 4. The van der Waals surface area contributed by atoms with Gasteiger partial charge in [-0.1, -0.05) is 12.1 Å². The van der Waals surface area contributed by atoms with Crippen LogP contribution in [0, 0.1) is 6.92 Å². The van der Waals surface area contributed by atoms with Crippen LogP contribution < -0.4 is 28.4 Å². The van der Waals surface area contributed by atoms with E-state index in [1.165, 1.54) is 23.0 Å². The monoisotopic (exact) mass is 320 g/mol. The van der Waals surface area contributed by atoms with Crippen molar-refractivity contribution in [2.24, 2.45) is 5.10 Å². The molecule has 0 atom stereocenters. The number of hydrazone groups is 1. The van der Waals surface area contributed by atoms with E-state index in [-0.39, 0.29) is 18.4 Å². The Balaban J connectivity index is 0.00000220. The van der Waals surface area contributed by atoms with E-state index in [1.807, 2.05) is 0 Å². The second kappa shape index (κ2) is 6.44. The van der Waals surface area contributed by atoms with E-state index in [0.717, 1.165) is 12.1 Å². The van der Waals surface area contributed by atoms with E-state index in [0.29, 0.717) is 11.4 Å². The standard InChI is InChI=1S/C11H11F3N6.ClH/c1-7-17-19-10(20(7)15)18-16-6-8-3-2-4-9(5-8)11(12,13)14;/h2-6H,15H2,1H3,(H,18,19);1H/b16-6+;. The molecule has 0 aliphatic carbocycles. The van der Waals surface area contributed by atoms with Crippen LogP contribution in [-0.2, 0) is 6.18 Å². The van der Waals surface area contributed by atoms with E-state index in [4.69, 9.17) is 5.84 Å². The molecule has 0 bridgehead atoms. The molecule has 0 aliphatic heterocycles. The fraction of sp³-hybridized carbons (Fsp3) is 0.182. The summed E-state index contributed by atoms with van der Waals surface area (Å²) in [6.07, 6.45) is -3.13. The average molecular weight is 321 g/mol. The van der Waals surface area contributed by atoms with Crippen molar-refractivity contribution in [1.29, 1.82) is 0 Å². The van der Waals surface area contributed by atoms with Gasteiger partial charge in [-0.05, 0) is 17.7 Å². The number of nitrogens with two attached hydrogens (primary N) is 1. The van der Waals surface area contributed by atoms with E-state index >= 15 is 0 Å². The normalized spacial score (nSPS) is 11.4. The molecule has 0 fully saturated rings. The number of nitrogens with one attached hydrogen (secondary N) is 2. The molecule has 1 heterocycles. The Bertz CT molecular complexity index is 637. The number of H-pyrrole nitrogens is 1. The Labute approximate surface area is 124 Å². The largest absolute Gasteiger partial charge is 1.00 e. The zero-order valence-electron chi connectivity index (χ0n) is 10.8. The lowest BCUT2D eigenvalue weighted by Crippen LogP contribution is -3.00. The smallest absolute Gasteiger partial charge is 0.421 e. The predicted octanol–water partition coefficient (Wildman–Crippen LogP) is -1.81. The highest BCUT2D eigenvalue weighted by Gasteiger charge is 2.30. The van der Waals surface area contributed by atoms with Crippen molar-refractivity contribution in [1.82, 2.24) is 10.2 Å². The number of halogens is 4. The van der Waals surface area contributed by atoms with Gasteiger partial charge >= 0.3 is 12.1 Å². The van der Waals surface area contributed by atoms with Crippen LogP contribution in [0.3, 0.4) is 0 Å². The molecule has 4 N–H and O–H groups in total. The predicted molar refractivity (Wildman–Crippen MR) is 66.3 cm³/mol.